The second-order valence-electron chi connectivity index (χ2n) is 7.38. The number of hydrogen-bond donors (Lipinski definition) is 2. The number of carbonyl (C=O) groups is 2. The van der Waals surface area contributed by atoms with Crippen LogP contribution >= 0.6 is 0 Å². The number of nitrogens with zero attached hydrogens (tertiary/aromatic N) is 5. The Hall–Kier alpha value is -2.85. The Labute approximate surface area is 175 Å². The minimum absolute atomic E-state index is 0.0226. The molecule has 10 heteroatoms. The van der Waals surface area contributed by atoms with Gasteiger partial charge in [0.15, 0.2) is 5.82 Å². The highest BCUT2D eigenvalue weighted by Crippen LogP contribution is 2.34. The van der Waals surface area contributed by atoms with Crippen LogP contribution in [0.25, 0.3) is 0 Å². The van der Waals surface area contributed by atoms with Gasteiger partial charge in [0.05, 0.1) is 18.5 Å². The van der Waals surface area contributed by atoms with E-state index in [0.717, 1.165) is 39.0 Å². The van der Waals surface area contributed by atoms with Crippen molar-refractivity contribution in [3.8, 4) is 0 Å². The largest absolute Gasteiger partial charge is 0.483 e. The van der Waals surface area contributed by atoms with Crippen molar-refractivity contribution >= 4 is 18.2 Å². The number of fused-ring (bicyclic) bond motifs is 1. The van der Waals surface area contributed by atoms with Crippen molar-refractivity contribution in [1.29, 1.82) is 0 Å². The van der Waals surface area contributed by atoms with Gasteiger partial charge in [-0.15, -0.1) is 0 Å². The van der Waals surface area contributed by atoms with Crippen LogP contribution in [0.1, 0.15) is 25.3 Å². The van der Waals surface area contributed by atoms with Crippen LogP contribution in [-0.4, -0.2) is 67.9 Å². The van der Waals surface area contributed by atoms with Crippen molar-refractivity contribution in [2.45, 2.75) is 39.0 Å². The summed E-state index contributed by atoms with van der Waals surface area (Å²) < 4.78 is 7.93. The van der Waals surface area contributed by atoms with E-state index in [1.54, 1.807) is 18.6 Å². The van der Waals surface area contributed by atoms with Crippen LogP contribution in [0.15, 0.2) is 31.0 Å². The van der Waals surface area contributed by atoms with Gasteiger partial charge in [0.2, 0.25) is 5.91 Å². The number of carboxylic acid groups (broad SMARTS) is 1. The van der Waals surface area contributed by atoms with E-state index in [0.29, 0.717) is 12.4 Å². The molecule has 4 rings (SSSR count). The van der Waals surface area contributed by atoms with Crippen LogP contribution in [0.5, 0.6) is 0 Å². The highest BCUT2D eigenvalue weighted by molar-refractivity contribution is 5.91. The fourth-order valence-electron chi connectivity index (χ4n) is 4.16. The summed E-state index contributed by atoms with van der Waals surface area (Å²) in [5, 5.41) is 14.2. The Kier molecular flexibility index (Phi) is 7.86. The second kappa shape index (κ2) is 10.8. The van der Waals surface area contributed by atoms with Crippen molar-refractivity contribution in [2.75, 3.05) is 25.0 Å². The molecule has 0 saturated carbocycles. The Morgan fingerprint density at radius 2 is 2.20 bits per heavy atom. The molecule has 0 unspecified atom stereocenters. The average Bonchev–Trinajstić information content (AvgIpc) is 3.22. The van der Waals surface area contributed by atoms with Crippen molar-refractivity contribution in [3.63, 3.8) is 0 Å². The van der Waals surface area contributed by atoms with E-state index in [1.807, 2.05) is 10.9 Å². The summed E-state index contributed by atoms with van der Waals surface area (Å²) >= 11 is 0. The van der Waals surface area contributed by atoms with Crippen LogP contribution in [0.4, 0.5) is 5.82 Å². The number of piperidine rings is 1. The first kappa shape index (κ1) is 21.8. The van der Waals surface area contributed by atoms with Gasteiger partial charge in [-0.25, -0.2) is 4.98 Å². The number of hydrogen-bond acceptors (Lipinski definition) is 7. The van der Waals surface area contributed by atoms with Crippen molar-refractivity contribution < 1.29 is 19.4 Å². The molecule has 0 radical (unpaired) electrons. The number of rotatable bonds is 5. The van der Waals surface area contributed by atoms with Crippen molar-refractivity contribution in [3.05, 3.63) is 36.5 Å². The van der Waals surface area contributed by atoms with Gasteiger partial charge in [-0.3, -0.25) is 24.2 Å². The van der Waals surface area contributed by atoms with Gasteiger partial charge in [-0.2, -0.15) is 5.10 Å². The van der Waals surface area contributed by atoms with Gasteiger partial charge in [0.25, 0.3) is 6.47 Å². The molecule has 2 aromatic heterocycles. The van der Waals surface area contributed by atoms with Crippen LogP contribution in [0.2, 0.25) is 0 Å². The molecule has 10 nitrogen and oxygen atoms in total. The third-order valence-electron chi connectivity index (χ3n) is 5.52. The van der Waals surface area contributed by atoms with E-state index in [2.05, 4.69) is 38.4 Å². The summed E-state index contributed by atoms with van der Waals surface area (Å²) in [7, 11) is 0. The maximum Gasteiger partial charge on any atom is 0.290 e. The predicted molar refractivity (Wildman–Crippen MR) is 108 cm³/mol. The quantitative estimate of drug-likeness (QED) is 0.699. The first-order valence-electron chi connectivity index (χ1n) is 10.1. The minimum Gasteiger partial charge on any atom is -0.483 e. The number of carbonyl (C=O) groups excluding carboxylic acids is 1. The monoisotopic (exact) mass is 416 g/mol. The zero-order valence-corrected chi connectivity index (χ0v) is 17.1. The van der Waals surface area contributed by atoms with Gasteiger partial charge >= 0.3 is 0 Å². The summed E-state index contributed by atoms with van der Waals surface area (Å²) in [6, 6.07) is 0. The lowest BCUT2D eigenvalue weighted by Crippen LogP contribution is -2.52. The molecule has 3 atom stereocenters. The lowest BCUT2D eigenvalue weighted by molar-refractivity contribution is -0.137. The fraction of sp³-hybridized carbons (Fsp3) is 0.550. The van der Waals surface area contributed by atoms with E-state index in [-0.39, 0.29) is 30.3 Å². The Bertz CT molecular complexity index is 815. The van der Waals surface area contributed by atoms with E-state index >= 15 is 0 Å². The first-order chi connectivity index (χ1) is 14.6. The van der Waals surface area contributed by atoms with E-state index in [9.17, 15) is 4.79 Å². The molecule has 2 aliphatic rings. The molecule has 2 aromatic rings. The molecule has 0 aliphatic carbocycles. The summed E-state index contributed by atoms with van der Waals surface area (Å²) in [5.74, 6) is 0.664. The average molecular weight is 416 g/mol. The van der Waals surface area contributed by atoms with E-state index in [1.165, 1.54) is 5.56 Å². The van der Waals surface area contributed by atoms with Gasteiger partial charge in [-0.05, 0) is 19.8 Å². The Balaban J connectivity index is 0.000000806. The standard InChI is InChI=1S/C19H26N6O2.CH2O2/c1-2-25-12-14(9-22-25)11-24-7-3-17-16(13-24)15(4-8-27-17)19(26)23-18-10-20-5-6-21-18;2-1-3/h5-6,9-10,12,15-17H,2-4,7-8,11,13H2,1H3,(H,21,23,26);1H,(H,2,3)/t15-,16-,17-;/m1./s1. The summed E-state index contributed by atoms with van der Waals surface area (Å²) in [4.78, 5) is 31.8. The molecule has 162 valence electrons. The predicted octanol–water partition coefficient (Wildman–Crippen LogP) is 1.26. The summed E-state index contributed by atoms with van der Waals surface area (Å²) in [5.41, 5.74) is 1.22. The van der Waals surface area contributed by atoms with Gasteiger partial charge in [0.1, 0.15) is 0 Å². The number of anilines is 1. The molecule has 2 fully saturated rings. The molecule has 0 bridgehead atoms. The first-order valence-corrected chi connectivity index (χ1v) is 10.1. The number of likely N-dealkylation sites (tertiary alicyclic amines) is 1. The van der Waals surface area contributed by atoms with E-state index in [4.69, 9.17) is 14.6 Å². The summed E-state index contributed by atoms with van der Waals surface area (Å²) in [6.45, 7) is 6.06. The maximum absolute atomic E-state index is 12.9. The molecule has 2 N–H and O–H groups in total. The van der Waals surface area contributed by atoms with Crippen LogP contribution in [-0.2, 0) is 27.4 Å². The zero-order chi connectivity index (χ0) is 21.3. The molecule has 0 spiro atoms. The highest BCUT2D eigenvalue weighted by atomic mass is 16.5. The lowest BCUT2D eigenvalue weighted by atomic mass is 9.79. The smallest absolute Gasteiger partial charge is 0.290 e. The number of ether oxygens (including phenoxy) is 1. The minimum atomic E-state index is -0.250. The SMILES string of the molecule is CCn1cc(CN2CC[C@H]3OCC[C@@H](C(=O)Nc4cnccn4)[C@H]3C2)cn1.O=CO. The van der Waals surface area contributed by atoms with Crippen molar-refractivity contribution in [1.82, 2.24) is 24.6 Å². The summed E-state index contributed by atoms with van der Waals surface area (Å²) in [6.07, 6.45) is 10.7. The van der Waals surface area contributed by atoms with Gasteiger partial charge in [-0.1, -0.05) is 0 Å². The third-order valence-corrected chi connectivity index (χ3v) is 5.52. The third kappa shape index (κ3) is 5.61. The maximum atomic E-state index is 12.9. The molecule has 2 aliphatic heterocycles. The molecule has 30 heavy (non-hydrogen) atoms. The number of amides is 1. The topological polar surface area (TPSA) is 122 Å². The number of aromatic nitrogens is 4. The molecule has 2 saturated heterocycles. The molecule has 4 heterocycles. The lowest BCUT2D eigenvalue weighted by Gasteiger charge is -2.44. The zero-order valence-electron chi connectivity index (χ0n) is 17.1. The normalized spacial score (nSPS) is 23.6. The van der Waals surface area contributed by atoms with Crippen LogP contribution in [0, 0.1) is 11.8 Å². The molecule has 0 aromatic carbocycles. The Morgan fingerprint density at radius 3 is 2.90 bits per heavy atom. The second-order valence-corrected chi connectivity index (χ2v) is 7.38. The van der Waals surface area contributed by atoms with Gasteiger partial charge < -0.3 is 15.2 Å². The highest BCUT2D eigenvalue weighted by Gasteiger charge is 2.41. The van der Waals surface area contributed by atoms with Gasteiger partial charge in [0, 0.05) is 68.8 Å². The Morgan fingerprint density at radius 1 is 1.37 bits per heavy atom. The molecule has 1 amide bonds. The number of aryl methyl sites for hydroxylation is 1. The van der Waals surface area contributed by atoms with Crippen LogP contribution < -0.4 is 5.32 Å². The fourth-order valence-corrected chi connectivity index (χ4v) is 4.16. The van der Waals surface area contributed by atoms with E-state index < -0.39 is 0 Å². The molecular formula is C20H28N6O4. The van der Waals surface area contributed by atoms with Crippen molar-refractivity contribution in [2.24, 2.45) is 11.8 Å². The van der Waals surface area contributed by atoms with Crippen LogP contribution in [0.3, 0.4) is 0 Å². The molecular weight excluding hydrogens is 388 g/mol. The number of nitrogens with one attached hydrogen (secondary N) is 1.